The lowest BCUT2D eigenvalue weighted by Gasteiger charge is -2.23. The van der Waals surface area contributed by atoms with Gasteiger partial charge in [-0.2, -0.15) is 0 Å². The number of hydrogen-bond donors (Lipinski definition) is 1. The van der Waals surface area contributed by atoms with E-state index >= 15 is 0 Å². The molecule has 3 atom stereocenters. The fourth-order valence-corrected chi connectivity index (χ4v) is 3.51. The van der Waals surface area contributed by atoms with Gasteiger partial charge in [-0.3, -0.25) is 9.59 Å². The van der Waals surface area contributed by atoms with E-state index in [4.69, 9.17) is 0 Å². The monoisotopic (exact) mass is 363 g/mol. The molecule has 4 heteroatoms. The van der Waals surface area contributed by atoms with Gasteiger partial charge in [0.25, 0.3) is 0 Å². The summed E-state index contributed by atoms with van der Waals surface area (Å²) in [4.78, 5) is 25.7. The smallest absolute Gasteiger partial charge is 0.311 e. The Morgan fingerprint density at radius 2 is 1.58 bits per heavy atom. The Kier molecular flexibility index (Phi) is 11.6. The molecule has 0 heterocycles. The van der Waals surface area contributed by atoms with Gasteiger partial charge in [0.05, 0.1) is 5.92 Å². The van der Waals surface area contributed by atoms with Crippen LogP contribution < -0.4 is 0 Å². The van der Waals surface area contributed by atoms with E-state index in [9.17, 15) is 14.7 Å². The SMILES string of the molecule is C=CCN(CC=C)C(=O)CC(C(=O)O)/C(C)=C/C(C)CC(C)CC(C)C. The minimum atomic E-state index is -0.952. The van der Waals surface area contributed by atoms with Crippen LogP contribution in [-0.4, -0.2) is 35.0 Å². The van der Waals surface area contributed by atoms with Crippen molar-refractivity contribution >= 4 is 11.9 Å². The van der Waals surface area contributed by atoms with Crippen LogP contribution in [0.15, 0.2) is 37.0 Å². The lowest BCUT2D eigenvalue weighted by atomic mass is 9.87. The van der Waals surface area contributed by atoms with Gasteiger partial charge in [0.1, 0.15) is 0 Å². The number of carboxylic acid groups (broad SMARTS) is 1. The van der Waals surface area contributed by atoms with Crippen molar-refractivity contribution in [1.82, 2.24) is 4.90 Å². The fourth-order valence-electron chi connectivity index (χ4n) is 3.51. The number of nitrogens with zero attached hydrogens (tertiary/aromatic N) is 1. The van der Waals surface area contributed by atoms with Crippen LogP contribution in [0.2, 0.25) is 0 Å². The number of hydrogen-bond acceptors (Lipinski definition) is 2. The highest BCUT2D eigenvalue weighted by Gasteiger charge is 2.25. The van der Waals surface area contributed by atoms with Crippen molar-refractivity contribution in [3.05, 3.63) is 37.0 Å². The maximum Gasteiger partial charge on any atom is 0.311 e. The average Bonchev–Trinajstić information content (AvgIpc) is 2.50. The zero-order valence-electron chi connectivity index (χ0n) is 17.2. The van der Waals surface area contributed by atoms with E-state index < -0.39 is 11.9 Å². The van der Waals surface area contributed by atoms with Crippen LogP contribution in [0, 0.1) is 23.7 Å². The highest BCUT2D eigenvalue weighted by Crippen LogP contribution is 2.24. The molecule has 1 amide bonds. The lowest BCUT2D eigenvalue weighted by molar-refractivity contribution is -0.144. The Bertz CT molecular complexity index is 498. The number of aliphatic carboxylic acids is 1. The van der Waals surface area contributed by atoms with E-state index in [1.165, 1.54) is 0 Å². The minimum Gasteiger partial charge on any atom is -0.481 e. The maximum atomic E-state index is 12.5. The molecule has 0 aliphatic carbocycles. The number of carbonyl (C=O) groups is 2. The summed E-state index contributed by atoms with van der Waals surface area (Å²) in [6.45, 7) is 18.7. The quantitative estimate of drug-likeness (QED) is 0.472. The third-order valence-corrected chi connectivity index (χ3v) is 4.47. The molecule has 0 saturated heterocycles. The molecule has 0 rings (SSSR count). The van der Waals surface area contributed by atoms with Crippen molar-refractivity contribution in [3.63, 3.8) is 0 Å². The van der Waals surface area contributed by atoms with Crippen LogP contribution in [0.4, 0.5) is 0 Å². The summed E-state index contributed by atoms with van der Waals surface area (Å²) in [5.41, 5.74) is 0.757. The van der Waals surface area contributed by atoms with Gasteiger partial charge in [0, 0.05) is 19.5 Å². The second kappa shape index (κ2) is 12.5. The first-order valence-electron chi connectivity index (χ1n) is 9.52. The highest BCUT2D eigenvalue weighted by molar-refractivity contribution is 5.84. The predicted octanol–water partition coefficient (Wildman–Crippen LogP) is 4.93. The Morgan fingerprint density at radius 1 is 1.04 bits per heavy atom. The molecule has 0 aliphatic heterocycles. The summed E-state index contributed by atoms with van der Waals surface area (Å²) in [6.07, 6.45) is 7.45. The summed E-state index contributed by atoms with van der Waals surface area (Å²) < 4.78 is 0. The zero-order valence-corrected chi connectivity index (χ0v) is 17.2. The molecule has 0 aromatic heterocycles. The second-order valence-electron chi connectivity index (χ2n) is 7.83. The first kappa shape index (κ1) is 24.2. The number of amides is 1. The molecule has 148 valence electrons. The second-order valence-corrected chi connectivity index (χ2v) is 7.83. The van der Waals surface area contributed by atoms with Crippen molar-refractivity contribution in [1.29, 1.82) is 0 Å². The standard InChI is InChI=1S/C22H37NO3/c1-8-10-23(11-9-2)21(24)15-20(22(25)26)19(7)14-18(6)13-17(5)12-16(3)4/h8-9,14,16-18,20H,1-2,10-13,15H2,3-7H3,(H,25,26)/b19-14+. The third-order valence-electron chi connectivity index (χ3n) is 4.47. The Hall–Kier alpha value is -1.84. The van der Waals surface area contributed by atoms with Crippen LogP contribution in [0.5, 0.6) is 0 Å². The molecule has 1 N–H and O–H groups in total. The lowest BCUT2D eigenvalue weighted by Crippen LogP contribution is -2.34. The van der Waals surface area contributed by atoms with Gasteiger partial charge in [-0.1, -0.05) is 51.5 Å². The van der Waals surface area contributed by atoms with Gasteiger partial charge in [-0.25, -0.2) is 0 Å². The van der Waals surface area contributed by atoms with Crippen LogP contribution in [0.25, 0.3) is 0 Å². The maximum absolute atomic E-state index is 12.5. The Morgan fingerprint density at radius 3 is 2.00 bits per heavy atom. The number of rotatable bonds is 13. The van der Waals surface area contributed by atoms with Crippen LogP contribution in [0.3, 0.4) is 0 Å². The Labute approximate surface area is 159 Å². The molecule has 0 spiro atoms. The van der Waals surface area contributed by atoms with E-state index in [0.717, 1.165) is 18.4 Å². The van der Waals surface area contributed by atoms with Crippen LogP contribution >= 0.6 is 0 Å². The molecule has 0 aromatic rings. The van der Waals surface area contributed by atoms with E-state index in [1.807, 2.05) is 13.0 Å². The van der Waals surface area contributed by atoms with E-state index in [-0.39, 0.29) is 18.2 Å². The molecular weight excluding hydrogens is 326 g/mol. The van der Waals surface area contributed by atoms with E-state index in [0.29, 0.717) is 24.9 Å². The van der Waals surface area contributed by atoms with E-state index in [2.05, 4.69) is 40.9 Å². The fraction of sp³-hybridized carbons (Fsp3) is 0.636. The third kappa shape index (κ3) is 9.59. The van der Waals surface area contributed by atoms with Gasteiger partial charge in [0.2, 0.25) is 5.91 Å². The first-order chi connectivity index (χ1) is 12.1. The molecular formula is C22H37NO3. The highest BCUT2D eigenvalue weighted by atomic mass is 16.4. The molecule has 0 fully saturated rings. The van der Waals surface area contributed by atoms with E-state index in [1.54, 1.807) is 17.1 Å². The topological polar surface area (TPSA) is 57.6 Å². The molecule has 26 heavy (non-hydrogen) atoms. The van der Waals surface area contributed by atoms with Crippen LogP contribution in [-0.2, 0) is 9.59 Å². The van der Waals surface area contributed by atoms with Gasteiger partial charge in [-0.15, -0.1) is 13.2 Å². The van der Waals surface area contributed by atoms with Crippen molar-refractivity contribution < 1.29 is 14.7 Å². The predicted molar refractivity (Wildman–Crippen MR) is 109 cm³/mol. The Balaban J connectivity index is 5.05. The minimum absolute atomic E-state index is 0.0341. The summed E-state index contributed by atoms with van der Waals surface area (Å²) in [5, 5.41) is 9.60. The molecule has 0 aliphatic rings. The largest absolute Gasteiger partial charge is 0.481 e. The number of carboxylic acids is 1. The van der Waals surface area contributed by atoms with Crippen LogP contribution in [0.1, 0.15) is 53.9 Å². The summed E-state index contributed by atoms with van der Waals surface area (Å²) in [6, 6.07) is 0. The summed E-state index contributed by atoms with van der Waals surface area (Å²) in [5.74, 6) is -0.389. The summed E-state index contributed by atoms with van der Waals surface area (Å²) in [7, 11) is 0. The normalized spacial score (nSPS) is 15.2. The van der Waals surface area contributed by atoms with Gasteiger partial charge >= 0.3 is 5.97 Å². The van der Waals surface area contributed by atoms with Crippen molar-refractivity contribution in [2.45, 2.75) is 53.9 Å². The first-order valence-corrected chi connectivity index (χ1v) is 9.52. The van der Waals surface area contributed by atoms with Crippen molar-refractivity contribution in [3.8, 4) is 0 Å². The molecule has 0 aromatic carbocycles. The molecule has 0 radical (unpaired) electrons. The summed E-state index contributed by atoms with van der Waals surface area (Å²) >= 11 is 0. The van der Waals surface area contributed by atoms with Crippen molar-refractivity contribution in [2.24, 2.45) is 23.7 Å². The average molecular weight is 364 g/mol. The van der Waals surface area contributed by atoms with Crippen molar-refractivity contribution in [2.75, 3.05) is 13.1 Å². The van der Waals surface area contributed by atoms with Gasteiger partial charge < -0.3 is 10.0 Å². The number of allylic oxidation sites excluding steroid dienone is 1. The molecule has 3 unspecified atom stereocenters. The van der Waals surface area contributed by atoms with Gasteiger partial charge in [0.15, 0.2) is 0 Å². The van der Waals surface area contributed by atoms with Gasteiger partial charge in [-0.05, 0) is 37.5 Å². The molecule has 0 bridgehead atoms. The molecule has 0 saturated carbocycles. The zero-order chi connectivity index (χ0) is 20.3. The number of carbonyl (C=O) groups excluding carboxylic acids is 1. The molecule has 4 nitrogen and oxygen atoms in total.